The molecule has 1 aromatic carbocycles. The minimum atomic E-state index is -0.171. The zero-order valence-corrected chi connectivity index (χ0v) is 9.20. The molecule has 0 atom stereocenters. The van der Waals surface area contributed by atoms with E-state index in [4.69, 9.17) is 0 Å². The summed E-state index contributed by atoms with van der Waals surface area (Å²) >= 11 is 3.30. The molecular weight excluding hydrogens is 233 g/mol. The molecule has 0 radical (unpaired) electrons. The van der Waals surface area contributed by atoms with Crippen LogP contribution in [0.1, 0.15) is 19.4 Å². The Morgan fingerprint density at radius 3 is 2.85 bits per heavy atom. The van der Waals surface area contributed by atoms with Crippen molar-refractivity contribution in [1.29, 1.82) is 0 Å². The fraction of sp³-hybridized carbons (Fsp3) is 0.400. The van der Waals surface area contributed by atoms with Gasteiger partial charge in [-0.1, -0.05) is 29.8 Å². The predicted molar refractivity (Wildman–Crippen MR) is 55.6 cm³/mol. The molecule has 70 valence electrons. The van der Waals surface area contributed by atoms with Crippen molar-refractivity contribution >= 4 is 21.6 Å². The Labute approximate surface area is 85.5 Å². The zero-order valence-electron chi connectivity index (χ0n) is 7.62. The van der Waals surface area contributed by atoms with E-state index >= 15 is 0 Å². The summed E-state index contributed by atoms with van der Waals surface area (Å²) in [5.41, 5.74) is 1.74. The number of anilines is 1. The van der Waals surface area contributed by atoms with Crippen molar-refractivity contribution in [2.45, 2.75) is 19.3 Å². The summed E-state index contributed by atoms with van der Waals surface area (Å²) in [5.74, 6) is -0.171. The molecule has 0 amide bonds. The van der Waals surface area contributed by atoms with Gasteiger partial charge >= 0.3 is 0 Å². The summed E-state index contributed by atoms with van der Waals surface area (Å²) in [6, 6.07) is 3.48. The van der Waals surface area contributed by atoms with E-state index in [9.17, 15) is 4.39 Å². The number of nitrogens with one attached hydrogen (secondary N) is 1. The minimum Gasteiger partial charge on any atom is -0.382 e. The van der Waals surface area contributed by atoms with Crippen molar-refractivity contribution < 1.29 is 4.39 Å². The lowest BCUT2D eigenvalue weighted by Crippen LogP contribution is -2.18. The fourth-order valence-corrected chi connectivity index (χ4v) is 2.12. The molecule has 0 fully saturated rings. The van der Waals surface area contributed by atoms with Gasteiger partial charge in [0.15, 0.2) is 0 Å². The van der Waals surface area contributed by atoms with E-state index in [0.29, 0.717) is 5.69 Å². The normalized spacial score (nSPS) is 18.2. The Balaban J connectivity index is 2.65. The molecule has 2 rings (SSSR count). The van der Waals surface area contributed by atoms with Crippen LogP contribution in [0.15, 0.2) is 16.6 Å². The lowest BCUT2D eigenvalue weighted by Gasteiger charge is -2.16. The van der Waals surface area contributed by atoms with Crippen LogP contribution >= 0.6 is 15.9 Å². The molecule has 1 N–H and O–H groups in total. The highest BCUT2D eigenvalue weighted by atomic mass is 79.9. The smallest absolute Gasteiger partial charge is 0.147 e. The van der Waals surface area contributed by atoms with Gasteiger partial charge in [-0.2, -0.15) is 0 Å². The highest BCUT2D eigenvalue weighted by Gasteiger charge is 2.31. The maximum absolute atomic E-state index is 13.4. The molecule has 0 saturated heterocycles. The molecule has 1 nitrogen and oxygen atoms in total. The van der Waals surface area contributed by atoms with Gasteiger partial charge in [0.05, 0.1) is 5.69 Å². The highest BCUT2D eigenvalue weighted by Crippen LogP contribution is 2.39. The summed E-state index contributed by atoms with van der Waals surface area (Å²) in [6.45, 7) is 5.02. The van der Waals surface area contributed by atoms with Crippen LogP contribution in [0.25, 0.3) is 0 Å². The first-order valence-electron chi connectivity index (χ1n) is 4.24. The van der Waals surface area contributed by atoms with Gasteiger partial charge in [0.1, 0.15) is 5.82 Å². The van der Waals surface area contributed by atoms with E-state index in [1.807, 2.05) is 6.07 Å². The maximum atomic E-state index is 13.4. The van der Waals surface area contributed by atoms with Crippen LogP contribution in [0, 0.1) is 5.82 Å². The van der Waals surface area contributed by atoms with Crippen LogP contribution in [0.4, 0.5) is 10.1 Å². The monoisotopic (exact) mass is 243 g/mol. The van der Waals surface area contributed by atoms with Crippen LogP contribution in [0.2, 0.25) is 0 Å². The third-order valence-electron chi connectivity index (χ3n) is 2.49. The number of rotatable bonds is 0. The van der Waals surface area contributed by atoms with Crippen molar-refractivity contribution in [3.63, 3.8) is 0 Å². The van der Waals surface area contributed by atoms with Gasteiger partial charge in [0.25, 0.3) is 0 Å². The first kappa shape index (κ1) is 9.00. The highest BCUT2D eigenvalue weighted by molar-refractivity contribution is 9.10. The second kappa shape index (κ2) is 2.71. The maximum Gasteiger partial charge on any atom is 0.147 e. The summed E-state index contributed by atoms with van der Waals surface area (Å²) in [5, 5.41) is 3.09. The molecule has 3 heteroatoms. The Hall–Kier alpha value is -0.570. The average molecular weight is 244 g/mol. The summed E-state index contributed by atoms with van der Waals surface area (Å²) in [6.07, 6.45) is 0. The third-order valence-corrected chi connectivity index (χ3v) is 2.95. The SMILES string of the molecule is CC1(C)CNc2c(F)cc(Br)cc21. The van der Waals surface area contributed by atoms with Crippen molar-refractivity contribution in [1.82, 2.24) is 0 Å². The van der Waals surface area contributed by atoms with Gasteiger partial charge in [-0.25, -0.2) is 4.39 Å². The van der Waals surface area contributed by atoms with Crippen molar-refractivity contribution in [2.24, 2.45) is 0 Å². The Morgan fingerprint density at radius 2 is 2.15 bits per heavy atom. The number of hydrogen-bond donors (Lipinski definition) is 1. The molecule has 0 saturated carbocycles. The molecule has 0 aromatic heterocycles. The van der Waals surface area contributed by atoms with E-state index in [1.54, 1.807) is 0 Å². The molecular formula is C10H11BrFN. The number of benzene rings is 1. The van der Waals surface area contributed by atoms with Crippen LogP contribution < -0.4 is 5.32 Å². The first-order valence-corrected chi connectivity index (χ1v) is 5.03. The summed E-state index contributed by atoms with van der Waals surface area (Å²) < 4.78 is 14.2. The van der Waals surface area contributed by atoms with E-state index in [-0.39, 0.29) is 11.2 Å². The van der Waals surface area contributed by atoms with Crippen LogP contribution in [0.3, 0.4) is 0 Å². The third kappa shape index (κ3) is 1.35. The second-order valence-corrected chi connectivity index (χ2v) is 4.96. The van der Waals surface area contributed by atoms with Gasteiger partial charge in [0.2, 0.25) is 0 Å². The van der Waals surface area contributed by atoms with E-state index in [2.05, 4.69) is 35.1 Å². The topological polar surface area (TPSA) is 12.0 Å². The van der Waals surface area contributed by atoms with E-state index < -0.39 is 0 Å². The van der Waals surface area contributed by atoms with Crippen LogP contribution in [-0.4, -0.2) is 6.54 Å². The predicted octanol–water partition coefficient (Wildman–Crippen LogP) is 3.29. The van der Waals surface area contributed by atoms with Crippen molar-refractivity contribution in [2.75, 3.05) is 11.9 Å². The molecule has 1 aliphatic rings. The largest absolute Gasteiger partial charge is 0.382 e. The summed E-state index contributed by atoms with van der Waals surface area (Å²) in [7, 11) is 0. The molecule has 0 spiro atoms. The van der Waals surface area contributed by atoms with Crippen molar-refractivity contribution in [3.05, 3.63) is 28.0 Å². The summed E-state index contributed by atoms with van der Waals surface area (Å²) in [4.78, 5) is 0. The van der Waals surface area contributed by atoms with Crippen LogP contribution in [0.5, 0.6) is 0 Å². The average Bonchev–Trinajstić information content (AvgIpc) is 2.28. The fourth-order valence-electron chi connectivity index (χ4n) is 1.69. The molecule has 13 heavy (non-hydrogen) atoms. The zero-order chi connectivity index (χ0) is 9.64. The quantitative estimate of drug-likeness (QED) is 0.738. The molecule has 1 aromatic rings. The first-order chi connectivity index (χ1) is 6.00. The van der Waals surface area contributed by atoms with Crippen molar-refractivity contribution in [3.8, 4) is 0 Å². The Bertz CT molecular complexity index is 360. The van der Waals surface area contributed by atoms with Crippen LogP contribution in [-0.2, 0) is 5.41 Å². The minimum absolute atomic E-state index is 0.0277. The molecule has 0 aliphatic carbocycles. The standard InChI is InChI=1S/C10H11BrFN/c1-10(2)5-13-9-7(10)3-6(11)4-8(9)12/h3-4,13H,5H2,1-2H3. The van der Waals surface area contributed by atoms with Gasteiger partial charge < -0.3 is 5.32 Å². The molecule has 1 heterocycles. The van der Waals surface area contributed by atoms with Gasteiger partial charge in [-0.3, -0.25) is 0 Å². The molecule has 1 aliphatic heterocycles. The number of fused-ring (bicyclic) bond motifs is 1. The second-order valence-electron chi connectivity index (χ2n) is 4.05. The number of halogens is 2. The Morgan fingerprint density at radius 1 is 1.46 bits per heavy atom. The number of hydrogen-bond acceptors (Lipinski definition) is 1. The van der Waals surface area contributed by atoms with Gasteiger partial charge in [0, 0.05) is 16.4 Å². The van der Waals surface area contributed by atoms with E-state index in [0.717, 1.165) is 16.6 Å². The van der Waals surface area contributed by atoms with Gasteiger partial charge in [-0.15, -0.1) is 0 Å². The molecule has 0 unspecified atom stereocenters. The lowest BCUT2D eigenvalue weighted by atomic mass is 9.87. The molecule has 0 bridgehead atoms. The van der Waals surface area contributed by atoms with E-state index in [1.165, 1.54) is 6.07 Å². The lowest BCUT2D eigenvalue weighted by molar-refractivity contribution is 0.584. The Kier molecular flexibility index (Phi) is 1.88. The van der Waals surface area contributed by atoms with Gasteiger partial charge in [-0.05, 0) is 17.7 Å².